The summed E-state index contributed by atoms with van der Waals surface area (Å²) in [5.41, 5.74) is 0. The minimum Gasteiger partial charge on any atom is -0.293 e. The van der Waals surface area contributed by atoms with Crippen LogP contribution < -0.4 is 0 Å². The summed E-state index contributed by atoms with van der Waals surface area (Å²) in [4.78, 5) is 0. The topological polar surface area (TPSA) is 40.5 Å². The molecule has 0 aliphatic heterocycles. The Bertz CT molecular complexity index is 97.3. The molecule has 0 rings (SSSR count). The largest absolute Gasteiger partial charge is 0.293 e. The zero-order valence-electron chi connectivity index (χ0n) is 4.67. The molecule has 0 amide bonds. The van der Waals surface area contributed by atoms with Crippen LogP contribution in [-0.4, -0.2) is 18.6 Å². The highest BCUT2D eigenvalue weighted by molar-refractivity contribution is 7.77. The minimum atomic E-state index is -2.04. The summed E-state index contributed by atoms with van der Waals surface area (Å²) in [6, 6.07) is -0.109. The number of halogens is 1. The third-order valence-corrected chi connectivity index (χ3v) is 2.02. The van der Waals surface area contributed by atoms with Crippen molar-refractivity contribution in [2.24, 2.45) is 0 Å². The van der Waals surface area contributed by atoms with E-state index in [1.165, 1.54) is 0 Å². The van der Waals surface area contributed by atoms with Gasteiger partial charge >= 0.3 is 0 Å². The fourth-order valence-corrected chi connectivity index (χ4v) is 0.541. The Hall–Kier alpha value is 0.360. The maximum absolute atomic E-state index is 10.0. The molecule has 0 aliphatic carbocycles. The molecule has 0 fully saturated rings. The van der Waals surface area contributed by atoms with Crippen LogP contribution in [0.15, 0.2) is 0 Å². The van der Waals surface area contributed by atoms with Gasteiger partial charge in [0.25, 0.3) is 0 Å². The highest BCUT2D eigenvalue weighted by Crippen LogP contribution is 2.02. The van der Waals surface area contributed by atoms with E-state index < -0.39 is 11.3 Å². The fraction of sp³-hybridized carbons (Fsp3) is 1.00. The molecule has 1 unspecified atom stereocenters. The normalized spacial score (nSPS) is 15.2. The van der Waals surface area contributed by atoms with Gasteiger partial charge in [-0.05, 0) is 25.6 Å². The van der Waals surface area contributed by atoms with Crippen molar-refractivity contribution in [3.8, 4) is 0 Å². The van der Waals surface area contributed by atoms with Gasteiger partial charge in [0.05, 0.1) is 0 Å². The zero-order valence-corrected chi connectivity index (χ0v) is 6.24. The second-order valence-corrected chi connectivity index (χ2v) is 3.02. The second kappa shape index (κ2) is 3.40. The smallest absolute Gasteiger partial charge is 0.249 e. The second-order valence-electron chi connectivity index (χ2n) is 1.60. The van der Waals surface area contributed by atoms with Crippen LogP contribution in [0.4, 0.5) is 0 Å². The molecule has 0 aliphatic rings. The van der Waals surface area contributed by atoms with Gasteiger partial charge in [-0.3, -0.25) is 4.55 Å². The summed E-state index contributed by atoms with van der Waals surface area (Å²) < 4.78 is 19.1. The summed E-state index contributed by atoms with van der Waals surface area (Å²) in [6.07, 6.45) is 0. The lowest BCUT2D eigenvalue weighted by atomic mass is 10.4. The van der Waals surface area contributed by atoms with Crippen molar-refractivity contribution in [2.45, 2.75) is 19.9 Å². The van der Waals surface area contributed by atoms with E-state index in [-0.39, 0.29) is 6.04 Å². The lowest BCUT2D eigenvalue weighted by molar-refractivity contribution is 0.470. The van der Waals surface area contributed by atoms with Crippen molar-refractivity contribution < 1.29 is 8.76 Å². The zero-order chi connectivity index (χ0) is 6.73. The van der Waals surface area contributed by atoms with Gasteiger partial charge in [-0.25, -0.2) is 4.21 Å². The quantitative estimate of drug-likeness (QED) is 0.480. The van der Waals surface area contributed by atoms with Gasteiger partial charge < -0.3 is 0 Å². The van der Waals surface area contributed by atoms with Gasteiger partial charge in [-0.2, -0.15) is 0 Å². The predicted molar refractivity (Wildman–Crippen MR) is 33.6 cm³/mol. The van der Waals surface area contributed by atoms with Crippen molar-refractivity contribution in [3.05, 3.63) is 0 Å². The third kappa shape index (κ3) is 2.61. The number of nitrogens with zero attached hydrogens (tertiary/aromatic N) is 1. The lowest BCUT2D eigenvalue weighted by Gasteiger charge is -2.10. The first-order chi connectivity index (χ1) is 3.55. The van der Waals surface area contributed by atoms with Gasteiger partial charge in [0.1, 0.15) is 0 Å². The van der Waals surface area contributed by atoms with E-state index in [0.29, 0.717) is 0 Å². The molecule has 0 saturated heterocycles. The summed E-state index contributed by atoms with van der Waals surface area (Å²) in [5.74, 6) is 0. The first-order valence-electron chi connectivity index (χ1n) is 2.11. The number of rotatable bonds is 2. The SMILES string of the molecule is CC(C)N(Cl)S(=O)O. The average molecular weight is 158 g/mol. The molecule has 1 atom stereocenters. The molecule has 0 aromatic rings. The van der Waals surface area contributed by atoms with Crippen LogP contribution in [0.1, 0.15) is 13.8 Å². The van der Waals surface area contributed by atoms with Crippen molar-refractivity contribution in [2.75, 3.05) is 0 Å². The summed E-state index contributed by atoms with van der Waals surface area (Å²) >= 11 is 3.19. The number of hydrogen-bond donors (Lipinski definition) is 1. The molecule has 1 N–H and O–H groups in total. The first kappa shape index (κ1) is 8.36. The van der Waals surface area contributed by atoms with Crippen molar-refractivity contribution in [1.82, 2.24) is 3.82 Å². The Labute approximate surface area is 56.2 Å². The minimum absolute atomic E-state index is 0.109. The summed E-state index contributed by atoms with van der Waals surface area (Å²) in [5, 5.41) is 0. The van der Waals surface area contributed by atoms with Gasteiger partial charge in [0, 0.05) is 6.04 Å². The monoisotopic (exact) mass is 157 g/mol. The lowest BCUT2D eigenvalue weighted by Crippen LogP contribution is -2.22. The average Bonchev–Trinajstić information content (AvgIpc) is 1.64. The Morgan fingerprint density at radius 1 is 1.75 bits per heavy atom. The Balaban J connectivity index is 3.64. The van der Waals surface area contributed by atoms with Crippen LogP contribution in [0.3, 0.4) is 0 Å². The maximum Gasteiger partial charge on any atom is 0.249 e. The standard InChI is InChI=1S/C3H8ClNO2S/c1-3(2)5(4)8(6)7/h3H,1-2H3,(H,6,7). The molecular formula is C3H8ClNO2S. The van der Waals surface area contributed by atoms with Gasteiger partial charge in [0.2, 0.25) is 11.3 Å². The van der Waals surface area contributed by atoms with E-state index in [2.05, 4.69) is 0 Å². The summed E-state index contributed by atoms with van der Waals surface area (Å²) in [6.45, 7) is 3.45. The van der Waals surface area contributed by atoms with Crippen LogP contribution in [0.2, 0.25) is 0 Å². The molecule has 0 saturated carbocycles. The molecule has 0 radical (unpaired) electrons. The van der Waals surface area contributed by atoms with Crippen molar-refractivity contribution in [1.29, 1.82) is 0 Å². The van der Waals surface area contributed by atoms with E-state index in [1.54, 1.807) is 13.8 Å². The molecular weight excluding hydrogens is 150 g/mol. The fourth-order valence-electron chi connectivity index (χ4n) is 0.180. The highest BCUT2D eigenvalue weighted by atomic mass is 35.5. The van der Waals surface area contributed by atoms with Gasteiger partial charge in [-0.15, -0.1) is 3.82 Å². The molecule has 0 aromatic heterocycles. The third-order valence-electron chi connectivity index (χ3n) is 0.555. The van der Waals surface area contributed by atoms with Crippen LogP contribution in [0.25, 0.3) is 0 Å². The molecule has 5 heteroatoms. The van der Waals surface area contributed by atoms with Gasteiger partial charge in [-0.1, -0.05) is 0 Å². The van der Waals surface area contributed by atoms with E-state index in [9.17, 15) is 4.21 Å². The van der Waals surface area contributed by atoms with E-state index in [4.69, 9.17) is 16.3 Å². The highest BCUT2D eigenvalue weighted by Gasteiger charge is 2.09. The Morgan fingerprint density at radius 3 is 2.12 bits per heavy atom. The van der Waals surface area contributed by atoms with E-state index in [0.717, 1.165) is 3.82 Å². The summed E-state index contributed by atoms with van der Waals surface area (Å²) in [7, 11) is 0. The van der Waals surface area contributed by atoms with Crippen LogP contribution in [0.5, 0.6) is 0 Å². The maximum atomic E-state index is 10.0. The molecule has 0 aromatic carbocycles. The number of hydrogen-bond acceptors (Lipinski definition) is 1. The molecule has 3 nitrogen and oxygen atoms in total. The van der Waals surface area contributed by atoms with E-state index >= 15 is 0 Å². The van der Waals surface area contributed by atoms with Crippen molar-refractivity contribution in [3.63, 3.8) is 0 Å². The molecule has 0 heterocycles. The molecule has 50 valence electrons. The van der Waals surface area contributed by atoms with Crippen LogP contribution in [-0.2, 0) is 11.3 Å². The Kier molecular flexibility index (Phi) is 3.55. The first-order valence-corrected chi connectivity index (χ1v) is 3.52. The molecule has 8 heavy (non-hydrogen) atoms. The van der Waals surface area contributed by atoms with Crippen molar-refractivity contribution >= 4 is 23.0 Å². The van der Waals surface area contributed by atoms with Gasteiger partial charge in [0.15, 0.2) is 0 Å². The van der Waals surface area contributed by atoms with Crippen LogP contribution >= 0.6 is 11.8 Å². The molecule has 0 spiro atoms. The molecule has 0 bridgehead atoms. The predicted octanol–water partition coefficient (Wildman–Crippen LogP) is 0.987. The Morgan fingerprint density at radius 2 is 2.12 bits per heavy atom. The van der Waals surface area contributed by atoms with E-state index in [1.807, 2.05) is 0 Å². The van der Waals surface area contributed by atoms with Crippen LogP contribution in [0, 0.1) is 0 Å².